The van der Waals surface area contributed by atoms with E-state index in [2.05, 4.69) is 4.72 Å². The van der Waals surface area contributed by atoms with Crippen LogP contribution in [0.25, 0.3) is 0 Å². The SMILES string of the molecule is COc1ccc(C2(CNS(=O)(=O)c3ccccc3OC)CCCC2)cc1. The molecule has 2 aromatic rings. The van der Waals surface area contributed by atoms with Gasteiger partial charge in [0.1, 0.15) is 16.4 Å². The maximum Gasteiger partial charge on any atom is 0.244 e. The van der Waals surface area contributed by atoms with Gasteiger partial charge in [0.2, 0.25) is 10.0 Å². The Hall–Kier alpha value is -2.05. The number of hydrogen-bond donors (Lipinski definition) is 1. The minimum atomic E-state index is -3.65. The second-order valence-corrected chi connectivity index (χ2v) is 8.43. The van der Waals surface area contributed by atoms with Crippen LogP contribution in [-0.2, 0) is 15.4 Å². The molecule has 1 aliphatic carbocycles. The molecule has 0 amide bonds. The molecule has 0 unspecified atom stereocenters. The number of methoxy groups -OCH3 is 2. The summed E-state index contributed by atoms with van der Waals surface area (Å²) in [5, 5.41) is 0. The Morgan fingerprint density at radius 1 is 0.962 bits per heavy atom. The average Bonchev–Trinajstić information content (AvgIpc) is 3.17. The maximum atomic E-state index is 12.8. The van der Waals surface area contributed by atoms with Crippen LogP contribution in [0.5, 0.6) is 11.5 Å². The quantitative estimate of drug-likeness (QED) is 0.804. The number of rotatable bonds is 7. The second kappa shape index (κ2) is 7.68. The number of hydrogen-bond acceptors (Lipinski definition) is 4. The molecule has 0 heterocycles. The van der Waals surface area contributed by atoms with Gasteiger partial charge in [-0.25, -0.2) is 13.1 Å². The van der Waals surface area contributed by atoms with Gasteiger partial charge in [0.25, 0.3) is 0 Å². The highest BCUT2D eigenvalue weighted by Crippen LogP contribution is 2.41. The number of sulfonamides is 1. The summed E-state index contributed by atoms with van der Waals surface area (Å²) < 4.78 is 38.9. The monoisotopic (exact) mass is 375 g/mol. The molecule has 3 rings (SSSR count). The summed E-state index contributed by atoms with van der Waals surface area (Å²) in [6.45, 7) is 0.375. The Morgan fingerprint density at radius 3 is 2.23 bits per heavy atom. The molecule has 1 saturated carbocycles. The number of ether oxygens (including phenoxy) is 2. The van der Waals surface area contributed by atoms with Crippen molar-refractivity contribution in [2.75, 3.05) is 20.8 Å². The van der Waals surface area contributed by atoms with Crippen LogP contribution < -0.4 is 14.2 Å². The molecule has 1 N–H and O–H groups in total. The first kappa shape index (κ1) is 18.7. The maximum absolute atomic E-state index is 12.8. The van der Waals surface area contributed by atoms with Crippen LogP contribution >= 0.6 is 0 Å². The van der Waals surface area contributed by atoms with Crippen molar-refractivity contribution in [3.8, 4) is 11.5 Å². The van der Waals surface area contributed by atoms with Crippen LogP contribution in [0.3, 0.4) is 0 Å². The zero-order chi connectivity index (χ0) is 18.6. The lowest BCUT2D eigenvalue weighted by Crippen LogP contribution is -2.39. The van der Waals surface area contributed by atoms with E-state index in [1.54, 1.807) is 31.4 Å². The van der Waals surface area contributed by atoms with E-state index < -0.39 is 10.0 Å². The van der Waals surface area contributed by atoms with Gasteiger partial charge in [0, 0.05) is 12.0 Å². The molecule has 0 aliphatic heterocycles. The van der Waals surface area contributed by atoms with Gasteiger partial charge in [0.05, 0.1) is 14.2 Å². The standard InChI is InChI=1S/C20H25NO4S/c1-24-17-11-9-16(10-12-17)20(13-5-6-14-20)15-21-26(22,23)19-8-4-3-7-18(19)25-2/h3-4,7-12,21H,5-6,13-15H2,1-2H3. The summed E-state index contributed by atoms with van der Waals surface area (Å²) in [7, 11) is -0.532. The predicted molar refractivity (Wildman–Crippen MR) is 101 cm³/mol. The zero-order valence-electron chi connectivity index (χ0n) is 15.2. The van der Waals surface area contributed by atoms with Gasteiger partial charge in [0.15, 0.2) is 0 Å². The molecule has 1 fully saturated rings. The Morgan fingerprint density at radius 2 is 1.62 bits per heavy atom. The molecular weight excluding hydrogens is 350 g/mol. The number of nitrogens with one attached hydrogen (secondary N) is 1. The summed E-state index contributed by atoms with van der Waals surface area (Å²) in [4.78, 5) is 0.172. The van der Waals surface area contributed by atoms with E-state index in [1.165, 1.54) is 7.11 Å². The predicted octanol–water partition coefficient (Wildman–Crippen LogP) is 3.49. The number of para-hydroxylation sites is 1. The topological polar surface area (TPSA) is 64.6 Å². The summed E-state index contributed by atoms with van der Waals surface area (Å²) >= 11 is 0. The molecule has 2 aromatic carbocycles. The van der Waals surface area contributed by atoms with Crippen molar-refractivity contribution in [2.45, 2.75) is 36.0 Å². The fourth-order valence-electron chi connectivity index (χ4n) is 3.72. The molecule has 140 valence electrons. The third kappa shape index (κ3) is 3.71. The second-order valence-electron chi connectivity index (χ2n) is 6.69. The largest absolute Gasteiger partial charge is 0.497 e. The highest BCUT2D eigenvalue weighted by Gasteiger charge is 2.37. The molecule has 0 bridgehead atoms. The van der Waals surface area contributed by atoms with Gasteiger partial charge in [-0.3, -0.25) is 0 Å². The Kier molecular flexibility index (Phi) is 5.53. The van der Waals surface area contributed by atoms with Crippen LogP contribution in [0.2, 0.25) is 0 Å². The third-order valence-electron chi connectivity index (χ3n) is 5.22. The van der Waals surface area contributed by atoms with Gasteiger partial charge in [-0.15, -0.1) is 0 Å². The van der Waals surface area contributed by atoms with Crippen LogP contribution in [0, 0.1) is 0 Å². The van der Waals surface area contributed by atoms with Crippen LogP contribution in [0.15, 0.2) is 53.4 Å². The first-order valence-electron chi connectivity index (χ1n) is 8.78. The van der Waals surface area contributed by atoms with Crippen LogP contribution in [-0.4, -0.2) is 29.2 Å². The van der Waals surface area contributed by atoms with E-state index in [0.717, 1.165) is 37.0 Å². The summed E-state index contributed by atoms with van der Waals surface area (Å²) in [6, 6.07) is 14.6. The molecule has 26 heavy (non-hydrogen) atoms. The third-order valence-corrected chi connectivity index (χ3v) is 6.66. The van der Waals surface area contributed by atoms with E-state index in [4.69, 9.17) is 9.47 Å². The molecule has 1 aliphatic rings. The van der Waals surface area contributed by atoms with Crippen LogP contribution in [0.1, 0.15) is 31.2 Å². The van der Waals surface area contributed by atoms with Crippen molar-refractivity contribution in [3.05, 3.63) is 54.1 Å². The summed E-state index contributed by atoms with van der Waals surface area (Å²) in [6.07, 6.45) is 4.13. The van der Waals surface area contributed by atoms with Crippen molar-refractivity contribution >= 4 is 10.0 Å². The van der Waals surface area contributed by atoms with Crippen molar-refractivity contribution in [1.29, 1.82) is 0 Å². The van der Waals surface area contributed by atoms with E-state index in [-0.39, 0.29) is 10.3 Å². The highest BCUT2D eigenvalue weighted by molar-refractivity contribution is 7.89. The van der Waals surface area contributed by atoms with Gasteiger partial charge in [-0.05, 0) is 42.7 Å². The smallest absolute Gasteiger partial charge is 0.244 e. The van der Waals surface area contributed by atoms with Crippen LogP contribution in [0.4, 0.5) is 0 Å². The Labute approximate surface area is 155 Å². The molecule has 0 saturated heterocycles. The lowest BCUT2D eigenvalue weighted by atomic mass is 9.79. The summed E-state index contributed by atoms with van der Waals surface area (Å²) in [5.74, 6) is 1.15. The molecule has 0 atom stereocenters. The van der Waals surface area contributed by atoms with E-state index in [9.17, 15) is 8.42 Å². The van der Waals surface area contributed by atoms with Crippen molar-refractivity contribution in [3.63, 3.8) is 0 Å². The first-order chi connectivity index (χ1) is 12.5. The molecule has 0 radical (unpaired) electrons. The molecule has 0 aromatic heterocycles. The summed E-state index contributed by atoms with van der Waals surface area (Å²) in [5.41, 5.74) is 0.972. The fourth-order valence-corrected chi connectivity index (χ4v) is 5.01. The van der Waals surface area contributed by atoms with Gasteiger partial charge >= 0.3 is 0 Å². The molecule has 6 heteroatoms. The first-order valence-corrected chi connectivity index (χ1v) is 10.3. The van der Waals surface area contributed by atoms with E-state index >= 15 is 0 Å². The number of benzene rings is 2. The molecular formula is C20H25NO4S. The van der Waals surface area contributed by atoms with Gasteiger partial charge in [-0.1, -0.05) is 37.1 Å². The van der Waals surface area contributed by atoms with E-state index in [1.807, 2.05) is 24.3 Å². The van der Waals surface area contributed by atoms with Crippen molar-refractivity contribution in [1.82, 2.24) is 4.72 Å². The van der Waals surface area contributed by atoms with Crippen molar-refractivity contribution < 1.29 is 17.9 Å². The van der Waals surface area contributed by atoms with Gasteiger partial charge < -0.3 is 9.47 Å². The van der Waals surface area contributed by atoms with E-state index in [0.29, 0.717) is 12.3 Å². The van der Waals surface area contributed by atoms with Crippen molar-refractivity contribution in [2.24, 2.45) is 0 Å². The Bertz CT molecular complexity index is 840. The lowest BCUT2D eigenvalue weighted by molar-refractivity contribution is 0.400. The Balaban J connectivity index is 1.84. The zero-order valence-corrected chi connectivity index (χ0v) is 16.0. The highest BCUT2D eigenvalue weighted by atomic mass is 32.2. The normalized spacial score (nSPS) is 16.4. The average molecular weight is 375 g/mol. The lowest BCUT2D eigenvalue weighted by Gasteiger charge is -2.30. The minimum Gasteiger partial charge on any atom is -0.497 e. The molecule has 5 nitrogen and oxygen atoms in total. The minimum absolute atomic E-state index is 0.172. The van der Waals surface area contributed by atoms with Gasteiger partial charge in [-0.2, -0.15) is 0 Å². The molecule has 0 spiro atoms. The fraction of sp³-hybridized carbons (Fsp3) is 0.400.